The van der Waals surface area contributed by atoms with Crippen molar-refractivity contribution in [1.82, 2.24) is 0 Å². The molecule has 1 aliphatic heterocycles. The molecule has 1 aromatic carbocycles. The average Bonchev–Trinajstić information content (AvgIpc) is 2.90. The number of imide groups is 1. The number of hydrogen-bond donors (Lipinski definition) is 1. The summed E-state index contributed by atoms with van der Waals surface area (Å²) in [5.74, 6) is -1.29. The molecule has 2 aliphatic rings. The van der Waals surface area contributed by atoms with Crippen LogP contribution in [0.25, 0.3) is 0 Å². The minimum atomic E-state index is -1.02. The molecule has 21 heavy (non-hydrogen) atoms. The van der Waals surface area contributed by atoms with Crippen LogP contribution in [-0.2, 0) is 9.59 Å². The van der Waals surface area contributed by atoms with Gasteiger partial charge in [0.2, 0.25) is 11.8 Å². The highest BCUT2D eigenvalue weighted by molar-refractivity contribution is 6.22. The number of anilines is 1. The smallest absolute Gasteiger partial charge is 0.335 e. The monoisotopic (exact) mass is 287 g/mol. The zero-order valence-corrected chi connectivity index (χ0v) is 12.0. The van der Waals surface area contributed by atoms with Crippen molar-refractivity contribution in [3.63, 3.8) is 0 Å². The summed E-state index contributed by atoms with van der Waals surface area (Å²) in [6.45, 7) is 3.79. The van der Waals surface area contributed by atoms with Crippen LogP contribution in [0.15, 0.2) is 18.2 Å². The molecule has 1 N–H and O–H groups in total. The third-order valence-electron chi connectivity index (χ3n) is 4.56. The van der Waals surface area contributed by atoms with E-state index in [1.807, 2.05) is 0 Å². The van der Waals surface area contributed by atoms with Crippen LogP contribution < -0.4 is 4.90 Å². The minimum absolute atomic E-state index is 0.138. The van der Waals surface area contributed by atoms with Crippen molar-refractivity contribution in [3.8, 4) is 0 Å². The van der Waals surface area contributed by atoms with E-state index in [4.69, 9.17) is 5.11 Å². The first-order valence-corrected chi connectivity index (χ1v) is 7.12. The quantitative estimate of drug-likeness (QED) is 0.846. The third kappa shape index (κ3) is 2.04. The van der Waals surface area contributed by atoms with Crippen LogP contribution in [0.4, 0.5) is 5.69 Å². The fraction of sp³-hybridized carbons (Fsp3) is 0.438. The lowest BCUT2D eigenvalue weighted by Gasteiger charge is -2.19. The zero-order chi connectivity index (χ0) is 15.3. The van der Waals surface area contributed by atoms with Gasteiger partial charge in [0.25, 0.3) is 0 Å². The molecule has 1 aliphatic carbocycles. The van der Waals surface area contributed by atoms with Gasteiger partial charge in [-0.3, -0.25) is 9.59 Å². The maximum atomic E-state index is 12.5. The molecule has 2 amide bonds. The molecule has 0 bridgehead atoms. The van der Waals surface area contributed by atoms with Crippen molar-refractivity contribution >= 4 is 23.5 Å². The van der Waals surface area contributed by atoms with E-state index in [2.05, 4.69) is 6.92 Å². The summed E-state index contributed by atoms with van der Waals surface area (Å²) in [7, 11) is 0. The molecule has 1 saturated carbocycles. The Morgan fingerprint density at radius 2 is 1.76 bits per heavy atom. The molecule has 110 valence electrons. The normalized spacial score (nSPS) is 28.1. The summed E-state index contributed by atoms with van der Waals surface area (Å²) in [5, 5.41) is 8.98. The number of carbonyl (C=O) groups excluding carboxylic acids is 2. The molecule has 2 atom stereocenters. The third-order valence-corrected chi connectivity index (χ3v) is 4.56. The van der Waals surface area contributed by atoms with Gasteiger partial charge in [-0.05, 0) is 49.4 Å². The summed E-state index contributed by atoms with van der Waals surface area (Å²) in [6, 6.07) is 4.48. The Hall–Kier alpha value is -2.17. The lowest BCUT2D eigenvalue weighted by molar-refractivity contribution is -0.123. The molecule has 1 aromatic rings. The second-order valence-corrected chi connectivity index (χ2v) is 6.11. The van der Waals surface area contributed by atoms with Crippen LogP contribution in [0, 0.1) is 24.7 Å². The van der Waals surface area contributed by atoms with E-state index >= 15 is 0 Å². The lowest BCUT2D eigenvalue weighted by atomic mass is 10.00. The van der Waals surface area contributed by atoms with Crippen LogP contribution in [0.1, 0.15) is 35.7 Å². The number of nitrogens with zero attached hydrogens (tertiary/aromatic N) is 1. The van der Waals surface area contributed by atoms with Crippen LogP contribution >= 0.6 is 0 Å². The van der Waals surface area contributed by atoms with E-state index in [1.54, 1.807) is 13.0 Å². The molecule has 1 heterocycles. The summed E-state index contributed by atoms with van der Waals surface area (Å²) in [6.07, 6.45) is 1.52. The van der Waals surface area contributed by atoms with Crippen molar-refractivity contribution in [3.05, 3.63) is 29.3 Å². The van der Waals surface area contributed by atoms with Gasteiger partial charge in [0, 0.05) is 0 Å². The highest BCUT2D eigenvalue weighted by Gasteiger charge is 2.52. The number of rotatable bonds is 2. The van der Waals surface area contributed by atoms with E-state index in [-0.39, 0.29) is 29.2 Å². The van der Waals surface area contributed by atoms with Crippen LogP contribution in [-0.4, -0.2) is 22.9 Å². The molecule has 1 saturated heterocycles. The maximum Gasteiger partial charge on any atom is 0.335 e. The number of amides is 2. The number of hydrogen-bond acceptors (Lipinski definition) is 3. The van der Waals surface area contributed by atoms with E-state index in [0.717, 1.165) is 12.8 Å². The van der Waals surface area contributed by atoms with Crippen molar-refractivity contribution in [2.75, 3.05) is 4.90 Å². The first kappa shape index (κ1) is 13.8. The van der Waals surface area contributed by atoms with Crippen molar-refractivity contribution in [1.29, 1.82) is 0 Å². The number of benzene rings is 1. The highest BCUT2D eigenvalue weighted by atomic mass is 16.4. The number of carboxylic acid groups (broad SMARTS) is 1. The fourth-order valence-electron chi connectivity index (χ4n) is 3.55. The molecule has 0 radical (unpaired) electrons. The van der Waals surface area contributed by atoms with Crippen LogP contribution in [0.3, 0.4) is 0 Å². The Labute approximate surface area is 122 Å². The van der Waals surface area contributed by atoms with Gasteiger partial charge < -0.3 is 5.11 Å². The molecular weight excluding hydrogens is 270 g/mol. The SMILES string of the molecule is Cc1cc(C(=O)O)ccc1N1C(=O)C2CC(C)CC2C1=O. The number of carbonyl (C=O) groups is 3. The lowest BCUT2D eigenvalue weighted by Crippen LogP contribution is -2.32. The van der Waals surface area contributed by atoms with Gasteiger partial charge in [-0.15, -0.1) is 0 Å². The Morgan fingerprint density at radius 1 is 1.19 bits per heavy atom. The maximum absolute atomic E-state index is 12.5. The number of fused-ring (bicyclic) bond motifs is 1. The van der Waals surface area contributed by atoms with Crippen LogP contribution in [0.5, 0.6) is 0 Å². The van der Waals surface area contributed by atoms with Gasteiger partial charge in [-0.2, -0.15) is 0 Å². The Kier molecular flexibility index (Phi) is 3.08. The summed E-state index contributed by atoms with van der Waals surface area (Å²) in [4.78, 5) is 37.2. The molecule has 5 nitrogen and oxygen atoms in total. The van der Waals surface area contributed by atoms with E-state index in [1.165, 1.54) is 17.0 Å². The first-order valence-electron chi connectivity index (χ1n) is 7.12. The standard InChI is InChI=1S/C16H17NO4/c1-8-5-11-12(6-8)15(19)17(14(11)18)13-4-3-10(16(20)21)7-9(13)2/h3-4,7-8,11-12H,5-6H2,1-2H3,(H,20,21). The van der Waals surface area contributed by atoms with E-state index in [0.29, 0.717) is 17.2 Å². The average molecular weight is 287 g/mol. The number of aryl methyl sites for hydroxylation is 1. The zero-order valence-electron chi connectivity index (χ0n) is 12.0. The highest BCUT2D eigenvalue weighted by Crippen LogP contribution is 2.44. The summed E-state index contributed by atoms with van der Waals surface area (Å²) >= 11 is 0. The molecule has 0 aromatic heterocycles. The predicted molar refractivity (Wildman–Crippen MR) is 76.0 cm³/mol. The van der Waals surface area contributed by atoms with E-state index in [9.17, 15) is 14.4 Å². The topological polar surface area (TPSA) is 74.7 Å². The van der Waals surface area contributed by atoms with Gasteiger partial charge >= 0.3 is 5.97 Å². The molecule has 2 unspecified atom stereocenters. The number of aromatic carboxylic acids is 1. The molecule has 0 spiro atoms. The van der Waals surface area contributed by atoms with Gasteiger partial charge in [0.15, 0.2) is 0 Å². The molecule has 2 fully saturated rings. The fourth-order valence-corrected chi connectivity index (χ4v) is 3.55. The van der Waals surface area contributed by atoms with Gasteiger partial charge in [0.05, 0.1) is 23.1 Å². The Morgan fingerprint density at radius 3 is 2.24 bits per heavy atom. The van der Waals surface area contributed by atoms with Crippen molar-refractivity contribution in [2.24, 2.45) is 17.8 Å². The van der Waals surface area contributed by atoms with Crippen molar-refractivity contribution < 1.29 is 19.5 Å². The van der Waals surface area contributed by atoms with Gasteiger partial charge in [0.1, 0.15) is 0 Å². The minimum Gasteiger partial charge on any atom is -0.478 e. The Balaban J connectivity index is 1.97. The second-order valence-electron chi connectivity index (χ2n) is 6.11. The molecule has 3 rings (SSSR count). The number of carboxylic acids is 1. The molecule has 5 heteroatoms. The van der Waals surface area contributed by atoms with E-state index < -0.39 is 5.97 Å². The van der Waals surface area contributed by atoms with Gasteiger partial charge in [-0.1, -0.05) is 6.92 Å². The summed E-state index contributed by atoms with van der Waals surface area (Å²) in [5.41, 5.74) is 1.30. The largest absolute Gasteiger partial charge is 0.478 e. The van der Waals surface area contributed by atoms with Gasteiger partial charge in [-0.25, -0.2) is 9.69 Å². The second kappa shape index (κ2) is 4.69. The Bertz CT molecular complexity index is 628. The predicted octanol–water partition coefficient (Wildman–Crippen LogP) is 2.23. The van der Waals surface area contributed by atoms with Crippen molar-refractivity contribution in [2.45, 2.75) is 26.7 Å². The van der Waals surface area contributed by atoms with Crippen LogP contribution in [0.2, 0.25) is 0 Å². The first-order chi connectivity index (χ1) is 9.90. The summed E-state index contributed by atoms with van der Waals surface area (Å²) < 4.78 is 0. The molecular formula is C16H17NO4.